The van der Waals surface area contributed by atoms with Gasteiger partial charge in [-0.15, -0.1) is 0 Å². The van der Waals surface area contributed by atoms with Crippen LogP contribution in [-0.2, 0) is 10.0 Å². The molecule has 0 spiro atoms. The number of rotatable bonds is 8. The van der Waals surface area contributed by atoms with Crippen LogP contribution in [0.15, 0.2) is 15.4 Å². The van der Waals surface area contributed by atoms with Crippen LogP contribution in [0.5, 0.6) is 0 Å². The first-order valence-corrected chi connectivity index (χ1v) is 8.55. The highest BCUT2D eigenvalue weighted by atomic mass is 32.2. The number of hydrogen-bond donors (Lipinski definition) is 1. The van der Waals surface area contributed by atoms with Crippen LogP contribution in [0.3, 0.4) is 0 Å². The van der Waals surface area contributed by atoms with Crippen molar-refractivity contribution < 1.29 is 22.7 Å². The highest BCUT2D eigenvalue weighted by Crippen LogP contribution is 2.25. The molecule has 1 aromatic rings. The Balaban J connectivity index is 3.15. The zero-order chi connectivity index (χ0) is 16.2. The number of sulfonamides is 1. The van der Waals surface area contributed by atoms with Crippen molar-refractivity contribution in [3.63, 3.8) is 0 Å². The first kappa shape index (κ1) is 17.7. The van der Waals surface area contributed by atoms with Crippen molar-refractivity contribution in [2.75, 3.05) is 13.1 Å². The summed E-state index contributed by atoms with van der Waals surface area (Å²) in [5, 5.41) is 8.90. The quantitative estimate of drug-likeness (QED) is 0.796. The van der Waals surface area contributed by atoms with Crippen molar-refractivity contribution in [1.29, 1.82) is 0 Å². The molecular weight excluding hydrogens is 294 g/mol. The number of hydrogen-bond acceptors (Lipinski definition) is 4. The maximum Gasteiger partial charge on any atom is 0.371 e. The smallest absolute Gasteiger partial charge is 0.371 e. The molecule has 0 radical (unpaired) electrons. The number of nitrogens with zero attached hydrogens (tertiary/aromatic N) is 1. The van der Waals surface area contributed by atoms with Gasteiger partial charge >= 0.3 is 5.97 Å². The van der Waals surface area contributed by atoms with Crippen LogP contribution < -0.4 is 0 Å². The predicted octanol–water partition coefficient (Wildman–Crippen LogP) is 2.73. The maximum absolute atomic E-state index is 12.7. The molecule has 0 saturated carbocycles. The van der Waals surface area contributed by atoms with Gasteiger partial charge < -0.3 is 9.52 Å². The zero-order valence-electron chi connectivity index (χ0n) is 12.9. The molecule has 1 N–H and O–H groups in total. The molecule has 120 valence electrons. The largest absolute Gasteiger partial charge is 0.475 e. The summed E-state index contributed by atoms with van der Waals surface area (Å²) in [6.07, 6.45) is 1.79. The van der Waals surface area contributed by atoms with E-state index in [4.69, 9.17) is 9.52 Å². The van der Waals surface area contributed by atoms with E-state index in [0.717, 1.165) is 18.9 Å². The van der Waals surface area contributed by atoms with E-state index in [-0.39, 0.29) is 22.3 Å². The molecule has 0 saturated heterocycles. The first-order valence-electron chi connectivity index (χ1n) is 7.11. The van der Waals surface area contributed by atoms with Gasteiger partial charge in [0.1, 0.15) is 10.7 Å². The van der Waals surface area contributed by atoms with Crippen molar-refractivity contribution in [1.82, 2.24) is 4.31 Å². The molecule has 0 aliphatic heterocycles. The topological polar surface area (TPSA) is 87.8 Å². The highest BCUT2D eigenvalue weighted by molar-refractivity contribution is 7.89. The minimum atomic E-state index is -3.73. The normalized spacial score (nSPS) is 12.3. The van der Waals surface area contributed by atoms with Crippen LogP contribution in [0.4, 0.5) is 0 Å². The number of furan rings is 1. The van der Waals surface area contributed by atoms with E-state index in [9.17, 15) is 13.2 Å². The molecule has 0 aliphatic carbocycles. The summed E-state index contributed by atoms with van der Waals surface area (Å²) in [5.41, 5.74) is 0. The van der Waals surface area contributed by atoms with Crippen LogP contribution in [0.25, 0.3) is 0 Å². The van der Waals surface area contributed by atoms with E-state index < -0.39 is 16.0 Å². The minimum absolute atomic E-state index is 0.0623. The van der Waals surface area contributed by atoms with Gasteiger partial charge in [0.05, 0.1) is 0 Å². The summed E-state index contributed by atoms with van der Waals surface area (Å²) in [6.45, 7) is 8.06. The fourth-order valence-corrected chi connectivity index (χ4v) is 3.88. The van der Waals surface area contributed by atoms with E-state index in [0.29, 0.717) is 13.1 Å². The molecule has 1 aromatic heterocycles. The number of carbonyl (C=O) groups is 1. The monoisotopic (exact) mass is 317 g/mol. The van der Waals surface area contributed by atoms with E-state index in [1.54, 1.807) is 6.92 Å². The van der Waals surface area contributed by atoms with E-state index in [1.807, 2.05) is 13.8 Å². The Morgan fingerprint density at radius 2 is 1.90 bits per heavy atom. The lowest BCUT2D eigenvalue weighted by atomic mass is 10.0. The molecule has 6 nitrogen and oxygen atoms in total. The molecule has 0 atom stereocenters. The van der Waals surface area contributed by atoms with E-state index in [2.05, 4.69) is 0 Å². The van der Waals surface area contributed by atoms with Crippen LogP contribution in [-0.4, -0.2) is 36.9 Å². The molecule has 0 amide bonds. The van der Waals surface area contributed by atoms with Gasteiger partial charge in [-0.3, -0.25) is 0 Å². The molecule has 0 fully saturated rings. The van der Waals surface area contributed by atoms with Gasteiger partial charge in [0, 0.05) is 19.2 Å². The highest BCUT2D eigenvalue weighted by Gasteiger charge is 2.30. The molecular formula is C14H23NO5S. The Labute approximate surface area is 125 Å². The van der Waals surface area contributed by atoms with Crippen molar-refractivity contribution in [3.8, 4) is 0 Å². The molecule has 7 heteroatoms. The molecule has 0 unspecified atom stereocenters. The molecule has 0 aromatic carbocycles. The second-order valence-corrected chi connectivity index (χ2v) is 6.88. The third-order valence-electron chi connectivity index (χ3n) is 3.67. The Hall–Kier alpha value is -1.34. The van der Waals surface area contributed by atoms with Gasteiger partial charge in [0.2, 0.25) is 15.8 Å². The summed E-state index contributed by atoms with van der Waals surface area (Å²) >= 11 is 0. The predicted molar refractivity (Wildman–Crippen MR) is 78.9 cm³/mol. The van der Waals surface area contributed by atoms with Gasteiger partial charge in [-0.25, -0.2) is 13.2 Å². The van der Waals surface area contributed by atoms with Crippen LogP contribution in [0.2, 0.25) is 0 Å². The summed E-state index contributed by atoms with van der Waals surface area (Å²) in [4.78, 5) is 10.8. The van der Waals surface area contributed by atoms with Crippen LogP contribution in [0.1, 0.15) is 49.9 Å². The summed E-state index contributed by atoms with van der Waals surface area (Å²) in [5.74, 6) is -1.24. The SMILES string of the molecule is CCC(CC)CN(CC)S(=O)(=O)c1cc(C(=O)O)oc1C. The Morgan fingerprint density at radius 1 is 1.33 bits per heavy atom. The number of aromatic carboxylic acids is 1. The summed E-state index contributed by atoms with van der Waals surface area (Å²) in [6, 6.07) is 1.09. The summed E-state index contributed by atoms with van der Waals surface area (Å²) < 4.78 is 31.7. The molecule has 0 bridgehead atoms. The molecule has 0 aliphatic rings. The maximum atomic E-state index is 12.7. The van der Waals surface area contributed by atoms with Gasteiger partial charge in [0.25, 0.3) is 0 Å². The lowest BCUT2D eigenvalue weighted by Gasteiger charge is -2.24. The van der Waals surface area contributed by atoms with Crippen LogP contribution in [0, 0.1) is 12.8 Å². The molecule has 1 rings (SSSR count). The standard InChI is InChI=1S/C14H23NO5S/c1-5-11(6-2)9-15(7-3)21(18,19)13-8-12(14(16)17)20-10(13)4/h8,11H,5-7,9H2,1-4H3,(H,16,17). The number of aryl methyl sites for hydroxylation is 1. The van der Waals surface area contributed by atoms with E-state index in [1.165, 1.54) is 11.2 Å². The van der Waals surface area contributed by atoms with Crippen molar-refractivity contribution in [2.24, 2.45) is 5.92 Å². The average Bonchev–Trinajstić information content (AvgIpc) is 2.83. The molecule has 21 heavy (non-hydrogen) atoms. The second kappa shape index (κ2) is 7.09. The summed E-state index contributed by atoms with van der Waals surface area (Å²) in [7, 11) is -3.73. The zero-order valence-corrected chi connectivity index (χ0v) is 13.7. The Morgan fingerprint density at radius 3 is 2.29 bits per heavy atom. The van der Waals surface area contributed by atoms with Gasteiger partial charge in [-0.1, -0.05) is 33.6 Å². The van der Waals surface area contributed by atoms with Gasteiger partial charge in [-0.2, -0.15) is 4.31 Å². The minimum Gasteiger partial charge on any atom is -0.475 e. The van der Waals surface area contributed by atoms with Crippen molar-refractivity contribution >= 4 is 16.0 Å². The fourth-order valence-electron chi connectivity index (χ4n) is 2.20. The Bertz CT molecular complexity index is 587. The first-order chi connectivity index (χ1) is 9.77. The molecule has 1 heterocycles. The lowest BCUT2D eigenvalue weighted by Crippen LogP contribution is -2.35. The number of carboxylic acids is 1. The fraction of sp³-hybridized carbons (Fsp3) is 0.643. The van der Waals surface area contributed by atoms with Crippen molar-refractivity contribution in [2.45, 2.75) is 45.4 Å². The lowest BCUT2D eigenvalue weighted by molar-refractivity contribution is 0.0661. The number of carboxylic acid groups (broad SMARTS) is 1. The van der Waals surface area contributed by atoms with Gasteiger partial charge in [-0.05, 0) is 12.8 Å². The van der Waals surface area contributed by atoms with Crippen LogP contribution >= 0.6 is 0 Å². The van der Waals surface area contributed by atoms with Crippen molar-refractivity contribution in [3.05, 3.63) is 17.6 Å². The average molecular weight is 317 g/mol. The third kappa shape index (κ3) is 3.85. The van der Waals surface area contributed by atoms with Gasteiger partial charge in [0.15, 0.2) is 0 Å². The third-order valence-corrected chi connectivity index (χ3v) is 5.72. The Kier molecular flexibility index (Phi) is 5.98. The van der Waals surface area contributed by atoms with E-state index >= 15 is 0 Å². The second-order valence-electron chi connectivity index (χ2n) is 4.97.